The SMILES string of the molecule is C[Si]1(C)c2ccccc2-c2nc(-c3ccccc3)nc(-c3cccc(-c4cccc(-c5cccc(-c6cc(-c7ccccc7)nc(-c7ccccc7)n6)c5)c4)c3)c21. The molecule has 5 heteroatoms. The average molecular weight is 747 g/mol. The van der Waals surface area contributed by atoms with Crippen LogP contribution in [-0.2, 0) is 0 Å². The van der Waals surface area contributed by atoms with Gasteiger partial charge < -0.3 is 0 Å². The highest BCUT2D eigenvalue weighted by molar-refractivity contribution is 7.04. The van der Waals surface area contributed by atoms with Gasteiger partial charge in [-0.05, 0) is 62.5 Å². The summed E-state index contributed by atoms with van der Waals surface area (Å²) in [5, 5.41) is 2.73. The van der Waals surface area contributed by atoms with Gasteiger partial charge in [-0.1, -0.05) is 183 Å². The van der Waals surface area contributed by atoms with Crippen LogP contribution in [0.5, 0.6) is 0 Å². The van der Waals surface area contributed by atoms with E-state index in [9.17, 15) is 0 Å². The van der Waals surface area contributed by atoms with Crippen LogP contribution in [0.2, 0.25) is 13.1 Å². The van der Waals surface area contributed by atoms with Gasteiger partial charge in [0, 0.05) is 27.8 Å². The van der Waals surface area contributed by atoms with Crippen molar-refractivity contribution in [3.8, 4) is 90.1 Å². The van der Waals surface area contributed by atoms with Crippen LogP contribution in [0.1, 0.15) is 0 Å². The smallest absolute Gasteiger partial charge is 0.160 e. The summed E-state index contributed by atoms with van der Waals surface area (Å²) in [6.07, 6.45) is 0. The fourth-order valence-corrected chi connectivity index (χ4v) is 11.4. The standard InChI is InChI=1S/C52H38N4Si/c1-57(2)47-30-13-12-29-44(47)49-50(57)48(55-52(56-49)37-21-10-5-11-22-37)43-28-16-26-41(33-43)39-24-14-23-38(31-39)40-25-15-27-42(32-40)46-34-45(35-17-6-3-7-18-35)53-51(54-46)36-19-8-4-9-20-36/h3-34H,1-2H3. The van der Waals surface area contributed by atoms with Crippen LogP contribution < -0.4 is 10.4 Å². The topological polar surface area (TPSA) is 51.6 Å². The first kappa shape index (κ1) is 34.4. The molecule has 1 aliphatic rings. The lowest BCUT2D eigenvalue weighted by Gasteiger charge is -2.22. The molecule has 2 aromatic heterocycles. The number of nitrogens with zero attached hydrogens (tertiary/aromatic N) is 4. The van der Waals surface area contributed by atoms with Crippen LogP contribution in [0, 0.1) is 0 Å². The normalized spacial score (nSPS) is 12.5. The molecule has 0 N–H and O–H groups in total. The Bertz CT molecular complexity index is 2870. The van der Waals surface area contributed by atoms with Crippen molar-refractivity contribution in [3.05, 3.63) is 194 Å². The molecule has 1 aliphatic heterocycles. The summed E-state index contributed by atoms with van der Waals surface area (Å²) in [7, 11) is -2.10. The van der Waals surface area contributed by atoms with E-state index >= 15 is 0 Å². The van der Waals surface area contributed by atoms with E-state index in [0.717, 1.165) is 78.7 Å². The van der Waals surface area contributed by atoms with Crippen LogP contribution in [-0.4, -0.2) is 28.0 Å². The Balaban J connectivity index is 1.05. The van der Waals surface area contributed by atoms with E-state index in [0.29, 0.717) is 5.82 Å². The van der Waals surface area contributed by atoms with E-state index in [4.69, 9.17) is 19.9 Å². The first-order chi connectivity index (χ1) is 28.0. The van der Waals surface area contributed by atoms with Crippen LogP contribution in [0.15, 0.2) is 194 Å². The van der Waals surface area contributed by atoms with Gasteiger partial charge in [0.25, 0.3) is 0 Å². The number of hydrogen-bond acceptors (Lipinski definition) is 4. The van der Waals surface area contributed by atoms with E-state index in [1.165, 1.54) is 15.9 Å². The van der Waals surface area contributed by atoms with Crippen molar-refractivity contribution in [2.24, 2.45) is 0 Å². The lowest BCUT2D eigenvalue weighted by Crippen LogP contribution is -2.50. The molecule has 57 heavy (non-hydrogen) atoms. The second-order valence-corrected chi connectivity index (χ2v) is 19.4. The van der Waals surface area contributed by atoms with Gasteiger partial charge in [-0.2, -0.15) is 0 Å². The number of fused-ring (bicyclic) bond motifs is 3. The van der Waals surface area contributed by atoms with Crippen molar-refractivity contribution in [2.45, 2.75) is 13.1 Å². The Labute approximate surface area is 334 Å². The molecule has 0 radical (unpaired) electrons. The second kappa shape index (κ2) is 14.2. The van der Waals surface area contributed by atoms with Crippen LogP contribution in [0.3, 0.4) is 0 Å². The molecule has 3 heterocycles. The average Bonchev–Trinajstić information content (AvgIpc) is 3.52. The Morgan fingerprint density at radius 1 is 0.316 bits per heavy atom. The second-order valence-electron chi connectivity index (χ2n) is 15.1. The number of rotatable bonds is 7. The van der Waals surface area contributed by atoms with Gasteiger partial charge in [0.15, 0.2) is 11.6 Å². The van der Waals surface area contributed by atoms with Gasteiger partial charge in [0.05, 0.1) is 22.8 Å². The third-order valence-corrected chi connectivity index (χ3v) is 14.6. The summed E-state index contributed by atoms with van der Waals surface area (Å²) < 4.78 is 0. The van der Waals surface area contributed by atoms with Crippen LogP contribution in [0.4, 0.5) is 0 Å². The maximum Gasteiger partial charge on any atom is 0.160 e. The lowest BCUT2D eigenvalue weighted by atomic mass is 9.96. The molecule has 0 saturated carbocycles. The molecule has 0 atom stereocenters. The number of benzene rings is 7. The first-order valence-corrected chi connectivity index (χ1v) is 22.4. The number of hydrogen-bond donors (Lipinski definition) is 0. The predicted molar refractivity (Wildman–Crippen MR) is 238 cm³/mol. The molecule has 10 rings (SSSR count). The summed E-state index contributed by atoms with van der Waals surface area (Å²) in [5.74, 6) is 1.47. The predicted octanol–water partition coefficient (Wildman–Crippen LogP) is 11.7. The fourth-order valence-electron chi connectivity index (χ4n) is 8.19. The molecular weight excluding hydrogens is 709 g/mol. The van der Waals surface area contributed by atoms with Gasteiger partial charge >= 0.3 is 0 Å². The van der Waals surface area contributed by atoms with Crippen molar-refractivity contribution >= 4 is 18.4 Å². The minimum absolute atomic E-state index is 0.708. The summed E-state index contributed by atoms with van der Waals surface area (Å²) >= 11 is 0. The highest BCUT2D eigenvalue weighted by atomic mass is 28.3. The molecule has 9 aromatic rings. The molecule has 0 aliphatic carbocycles. The maximum atomic E-state index is 5.37. The third-order valence-electron chi connectivity index (χ3n) is 11.1. The van der Waals surface area contributed by atoms with Gasteiger partial charge in [-0.25, -0.2) is 19.9 Å². The maximum absolute atomic E-state index is 5.37. The summed E-state index contributed by atoms with van der Waals surface area (Å²) in [4.78, 5) is 20.7. The van der Waals surface area contributed by atoms with E-state index in [-0.39, 0.29) is 0 Å². The monoisotopic (exact) mass is 746 g/mol. The van der Waals surface area contributed by atoms with Gasteiger partial charge in [-0.15, -0.1) is 0 Å². The highest BCUT2D eigenvalue weighted by Crippen LogP contribution is 2.36. The quantitative estimate of drug-likeness (QED) is 0.152. The van der Waals surface area contributed by atoms with Gasteiger partial charge in [0.2, 0.25) is 0 Å². The van der Waals surface area contributed by atoms with Gasteiger partial charge in [0.1, 0.15) is 8.07 Å². The molecule has 0 unspecified atom stereocenters. The molecule has 0 bridgehead atoms. The van der Waals surface area contributed by atoms with E-state index in [1.807, 2.05) is 42.5 Å². The minimum atomic E-state index is -2.10. The van der Waals surface area contributed by atoms with Crippen molar-refractivity contribution in [1.82, 2.24) is 19.9 Å². The summed E-state index contributed by atoms with van der Waals surface area (Å²) in [6.45, 7) is 4.86. The molecule has 0 saturated heterocycles. The molecule has 270 valence electrons. The zero-order valence-corrected chi connectivity index (χ0v) is 32.8. The Hall–Kier alpha value is -7.08. The van der Waals surface area contributed by atoms with Crippen molar-refractivity contribution in [1.29, 1.82) is 0 Å². The van der Waals surface area contributed by atoms with Crippen LogP contribution >= 0.6 is 0 Å². The zero-order chi connectivity index (χ0) is 38.3. The minimum Gasteiger partial charge on any atom is -0.228 e. The Morgan fingerprint density at radius 2 is 0.719 bits per heavy atom. The largest absolute Gasteiger partial charge is 0.228 e. The van der Waals surface area contributed by atoms with E-state index in [2.05, 4.69) is 165 Å². The Morgan fingerprint density at radius 3 is 1.32 bits per heavy atom. The molecule has 0 spiro atoms. The van der Waals surface area contributed by atoms with Crippen molar-refractivity contribution in [2.75, 3.05) is 0 Å². The van der Waals surface area contributed by atoms with Crippen molar-refractivity contribution < 1.29 is 0 Å². The number of aromatic nitrogens is 4. The molecule has 7 aromatic carbocycles. The van der Waals surface area contributed by atoms with Gasteiger partial charge in [-0.3, -0.25) is 0 Å². The molecule has 4 nitrogen and oxygen atoms in total. The van der Waals surface area contributed by atoms with E-state index in [1.54, 1.807) is 0 Å². The zero-order valence-electron chi connectivity index (χ0n) is 31.8. The summed E-state index contributed by atoms with van der Waals surface area (Å²) in [5.41, 5.74) is 14.9. The molecule has 0 amide bonds. The Kier molecular flexibility index (Phi) is 8.58. The fraction of sp³-hybridized carbons (Fsp3) is 0.0385. The summed E-state index contributed by atoms with van der Waals surface area (Å²) in [6, 6.07) is 68.1. The molecular formula is C52H38N4Si. The highest BCUT2D eigenvalue weighted by Gasteiger charge is 2.41. The lowest BCUT2D eigenvalue weighted by molar-refractivity contribution is 1.18. The van der Waals surface area contributed by atoms with Crippen LogP contribution in [0.25, 0.3) is 90.1 Å². The van der Waals surface area contributed by atoms with Crippen molar-refractivity contribution in [3.63, 3.8) is 0 Å². The van der Waals surface area contributed by atoms with E-state index < -0.39 is 8.07 Å². The first-order valence-electron chi connectivity index (χ1n) is 19.4. The third kappa shape index (κ3) is 6.38. The molecule has 0 fully saturated rings.